The zero-order chi connectivity index (χ0) is 10.8. The second kappa shape index (κ2) is 4.60. The largest absolute Gasteiger partial charge is 0.148 e. The number of aromatic nitrogens is 2. The number of nitrogens with zero attached hydrogens (tertiary/aromatic N) is 2. The summed E-state index contributed by atoms with van der Waals surface area (Å²) in [4.78, 5) is 0. The topological polar surface area (TPSA) is 25.8 Å². The molecule has 0 spiro atoms. The fourth-order valence-electron chi connectivity index (χ4n) is 1.23. The van der Waals surface area contributed by atoms with Crippen molar-refractivity contribution in [2.75, 3.05) is 0 Å². The lowest BCUT2D eigenvalue weighted by Crippen LogP contribution is -1.82. The first-order valence-electron chi connectivity index (χ1n) is 4.36. The highest BCUT2D eigenvalue weighted by molar-refractivity contribution is 9.10. The van der Waals surface area contributed by atoms with Crippen molar-refractivity contribution >= 4 is 38.9 Å². The molecule has 2 nitrogen and oxygen atoms in total. The first kappa shape index (κ1) is 11.0. The molecule has 1 aromatic heterocycles. The van der Waals surface area contributed by atoms with Crippen molar-refractivity contribution in [3.05, 3.63) is 33.2 Å². The smallest absolute Gasteiger partial charge is 0.142 e. The Morgan fingerprint density at radius 2 is 2.20 bits per heavy atom. The quantitative estimate of drug-likeness (QED) is 0.783. The highest BCUT2D eigenvalue weighted by atomic mass is 79.9. The van der Waals surface area contributed by atoms with E-state index in [9.17, 15) is 0 Å². The van der Waals surface area contributed by atoms with Gasteiger partial charge in [0.05, 0.1) is 5.88 Å². The van der Waals surface area contributed by atoms with E-state index in [1.165, 1.54) is 16.9 Å². The zero-order valence-electron chi connectivity index (χ0n) is 8.00. The third-order valence-corrected chi connectivity index (χ3v) is 4.42. The maximum atomic E-state index is 5.69. The molecule has 0 aliphatic heterocycles. The molecule has 0 atom stereocenters. The first-order chi connectivity index (χ1) is 7.22. The average molecular weight is 304 g/mol. The molecular weight excluding hydrogens is 296 g/mol. The van der Waals surface area contributed by atoms with Crippen LogP contribution in [0.1, 0.15) is 10.6 Å². The van der Waals surface area contributed by atoms with Crippen LogP contribution >= 0.6 is 38.9 Å². The lowest BCUT2D eigenvalue weighted by molar-refractivity contribution is 1.04. The molecule has 78 valence electrons. The Morgan fingerprint density at radius 1 is 1.40 bits per heavy atom. The maximum Gasteiger partial charge on any atom is 0.148 e. The van der Waals surface area contributed by atoms with Crippen molar-refractivity contribution in [2.24, 2.45) is 0 Å². The number of alkyl halides is 1. The summed E-state index contributed by atoms with van der Waals surface area (Å²) in [6, 6.07) is 6.09. The van der Waals surface area contributed by atoms with Crippen molar-refractivity contribution in [3.8, 4) is 10.6 Å². The molecule has 0 aliphatic carbocycles. The van der Waals surface area contributed by atoms with E-state index >= 15 is 0 Å². The highest BCUT2D eigenvalue weighted by Crippen LogP contribution is 2.32. The number of aryl methyl sites for hydroxylation is 1. The van der Waals surface area contributed by atoms with Crippen LogP contribution < -0.4 is 0 Å². The molecule has 0 saturated heterocycles. The van der Waals surface area contributed by atoms with Gasteiger partial charge in [0.2, 0.25) is 0 Å². The second-order valence-corrected chi connectivity index (χ2v) is 5.19. The van der Waals surface area contributed by atoms with Gasteiger partial charge in [0.15, 0.2) is 0 Å². The molecule has 0 saturated carbocycles. The number of halogens is 2. The molecular formula is C10H8BrClN2S. The summed E-state index contributed by atoms with van der Waals surface area (Å²) in [6.45, 7) is 2.05. The van der Waals surface area contributed by atoms with Crippen LogP contribution in [0.3, 0.4) is 0 Å². The van der Waals surface area contributed by atoms with Gasteiger partial charge in [-0.1, -0.05) is 29.5 Å². The minimum absolute atomic E-state index is 0.418. The SMILES string of the molecule is Cc1cccc(-c2nnc(CCl)s2)c1Br. The predicted octanol–water partition coefficient (Wildman–Crippen LogP) is 4.01. The van der Waals surface area contributed by atoms with Gasteiger partial charge in [-0.15, -0.1) is 21.8 Å². The van der Waals surface area contributed by atoms with Crippen molar-refractivity contribution in [1.29, 1.82) is 0 Å². The molecule has 0 amide bonds. The molecule has 1 heterocycles. The first-order valence-corrected chi connectivity index (χ1v) is 6.50. The van der Waals surface area contributed by atoms with Gasteiger partial charge in [-0.25, -0.2) is 0 Å². The normalized spacial score (nSPS) is 10.6. The third kappa shape index (κ3) is 2.22. The van der Waals surface area contributed by atoms with Crippen molar-refractivity contribution in [2.45, 2.75) is 12.8 Å². The summed E-state index contributed by atoms with van der Waals surface area (Å²) in [5.74, 6) is 0.418. The molecule has 2 aromatic rings. The monoisotopic (exact) mass is 302 g/mol. The van der Waals surface area contributed by atoms with Crippen LogP contribution in [-0.4, -0.2) is 10.2 Å². The van der Waals surface area contributed by atoms with Gasteiger partial charge in [0, 0.05) is 10.0 Å². The minimum Gasteiger partial charge on any atom is -0.142 e. The molecule has 0 bridgehead atoms. The number of hydrogen-bond donors (Lipinski definition) is 0. The Bertz CT molecular complexity index is 484. The minimum atomic E-state index is 0.418. The Labute approximate surface area is 105 Å². The molecule has 0 fully saturated rings. The summed E-state index contributed by atoms with van der Waals surface area (Å²) in [7, 11) is 0. The van der Waals surface area contributed by atoms with Crippen LogP contribution in [0, 0.1) is 6.92 Å². The summed E-state index contributed by atoms with van der Waals surface area (Å²) in [5, 5.41) is 9.86. The molecule has 5 heteroatoms. The van der Waals surface area contributed by atoms with Gasteiger partial charge in [-0.3, -0.25) is 0 Å². The van der Waals surface area contributed by atoms with Gasteiger partial charge in [-0.2, -0.15) is 0 Å². The van der Waals surface area contributed by atoms with E-state index in [2.05, 4.69) is 39.1 Å². The van der Waals surface area contributed by atoms with Crippen LogP contribution in [0.15, 0.2) is 22.7 Å². The molecule has 0 aliphatic rings. The predicted molar refractivity (Wildman–Crippen MR) is 67.3 cm³/mol. The van der Waals surface area contributed by atoms with Crippen LogP contribution in [0.25, 0.3) is 10.6 Å². The third-order valence-electron chi connectivity index (χ3n) is 2.00. The van der Waals surface area contributed by atoms with Crippen LogP contribution in [0.5, 0.6) is 0 Å². The van der Waals surface area contributed by atoms with Crippen molar-refractivity contribution in [1.82, 2.24) is 10.2 Å². The average Bonchev–Trinajstić information content (AvgIpc) is 2.70. The molecule has 0 radical (unpaired) electrons. The summed E-state index contributed by atoms with van der Waals surface area (Å²) < 4.78 is 1.07. The highest BCUT2D eigenvalue weighted by Gasteiger charge is 2.10. The van der Waals surface area contributed by atoms with Crippen LogP contribution in [0.4, 0.5) is 0 Å². The van der Waals surface area contributed by atoms with Crippen LogP contribution in [-0.2, 0) is 5.88 Å². The fraction of sp³-hybridized carbons (Fsp3) is 0.200. The van der Waals surface area contributed by atoms with E-state index in [0.29, 0.717) is 5.88 Å². The van der Waals surface area contributed by atoms with E-state index in [4.69, 9.17) is 11.6 Å². The number of rotatable bonds is 2. The molecule has 0 N–H and O–H groups in total. The number of benzene rings is 1. The number of hydrogen-bond acceptors (Lipinski definition) is 3. The van der Waals surface area contributed by atoms with E-state index < -0.39 is 0 Å². The van der Waals surface area contributed by atoms with Crippen molar-refractivity contribution in [3.63, 3.8) is 0 Å². The van der Waals surface area contributed by atoms with Gasteiger partial charge < -0.3 is 0 Å². The van der Waals surface area contributed by atoms with Gasteiger partial charge in [-0.05, 0) is 28.4 Å². The molecule has 15 heavy (non-hydrogen) atoms. The van der Waals surface area contributed by atoms with Gasteiger partial charge in [0.1, 0.15) is 10.0 Å². The molecule has 2 rings (SSSR count). The summed E-state index contributed by atoms with van der Waals surface area (Å²) in [6.07, 6.45) is 0. The summed E-state index contributed by atoms with van der Waals surface area (Å²) >= 11 is 10.8. The van der Waals surface area contributed by atoms with E-state index in [1.807, 2.05) is 12.1 Å². The van der Waals surface area contributed by atoms with E-state index in [1.54, 1.807) is 0 Å². The Morgan fingerprint density at radius 3 is 2.87 bits per heavy atom. The van der Waals surface area contributed by atoms with E-state index in [0.717, 1.165) is 20.1 Å². The Kier molecular flexibility index (Phi) is 3.38. The molecule has 0 unspecified atom stereocenters. The Hall–Kier alpha value is -0.450. The van der Waals surface area contributed by atoms with Gasteiger partial charge >= 0.3 is 0 Å². The van der Waals surface area contributed by atoms with E-state index in [-0.39, 0.29) is 0 Å². The van der Waals surface area contributed by atoms with Gasteiger partial charge in [0.25, 0.3) is 0 Å². The summed E-state index contributed by atoms with van der Waals surface area (Å²) in [5.41, 5.74) is 2.26. The van der Waals surface area contributed by atoms with Crippen LogP contribution in [0.2, 0.25) is 0 Å². The Balaban J connectivity index is 2.49. The second-order valence-electron chi connectivity index (χ2n) is 3.07. The standard InChI is InChI=1S/C10H8BrClN2S/c1-6-3-2-4-7(9(6)11)10-14-13-8(5-12)15-10/h2-4H,5H2,1H3. The molecule has 1 aromatic carbocycles. The lowest BCUT2D eigenvalue weighted by atomic mass is 10.1. The zero-order valence-corrected chi connectivity index (χ0v) is 11.2. The maximum absolute atomic E-state index is 5.69. The van der Waals surface area contributed by atoms with Crippen molar-refractivity contribution < 1.29 is 0 Å². The lowest BCUT2D eigenvalue weighted by Gasteiger charge is -2.02. The fourth-order valence-corrected chi connectivity index (χ4v) is 2.75.